The number of rotatable bonds is 6. The number of carbonyl (C=O) groups is 1. The summed E-state index contributed by atoms with van der Waals surface area (Å²) >= 11 is 1.03. The molecule has 0 aliphatic carbocycles. The van der Waals surface area contributed by atoms with Crippen LogP contribution in [0.1, 0.15) is 24.5 Å². The summed E-state index contributed by atoms with van der Waals surface area (Å²) in [5.41, 5.74) is 0.897. The van der Waals surface area contributed by atoms with Crippen LogP contribution in [0.5, 0.6) is 0 Å². The van der Waals surface area contributed by atoms with Gasteiger partial charge in [-0.05, 0) is 18.9 Å². The molecule has 1 amide bonds. The second-order valence-corrected chi connectivity index (χ2v) is 6.22. The fraction of sp³-hybridized carbons (Fsp3) is 0.333. The first-order valence-corrected chi connectivity index (χ1v) is 8.06. The molecule has 0 aliphatic heterocycles. The van der Waals surface area contributed by atoms with E-state index in [9.17, 15) is 14.4 Å². The average Bonchev–Trinajstić information content (AvgIpc) is 2.53. The molecular weight excluding hydrogens is 316 g/mol. The molecule has 122 valence electrons. The molecule has 23 heavy (non-hydrogen) atoms. The molecule has 2 aromatic rings. The number of hydrogen-bond donors (Lipinski definition) is 3. The second-order valence-electron chi connectivity index (χ2n) is 5.03. The SMILES string of the molecule is CC[C@@H](Sc1n[nH]c(=O)[nH]c1=O)C(=O)NCc1ccc(C)cc1. The molecule has 1 aromatic carbocycles. The van der Waals surface area contributed by atoms with Crippen molar-refractivity contribution in [2.45, 2.75) is 37.1 Å². The highest BCUT2D eigenvalue weighted by Crippen LogP contribution is 2.20. The number of hydrogen-bond acceptors (Lipinski definition) is 5. The topological polar surface area (TPSA) is 108 Å². The summed E-state index contributed by atoms with van der Waals surface area (Å²) in [6, 6.07) is 7.88. The second kappa shape index (κ2) is 7.77. The van der Waals surface area contributed by atoms with Gasteiger partial charge >= 0.3 is 5.69 Å². The van der Waals surface area contributed by atoms with Crippen LogP contribution in [0.15, 0.2) is 38.9 Å². The van der Waals surface area contributed by atoms with Gasteiger partial charge in [-0.2, -0.15) is 5.10 Å². The maximum atomic E-state index is 12.3. The lowest BCUT2D eigenvalue weighted by atomic mass is 10.1. The van der Waals surface area contributed by atoms with Gasteiger partial charge in [-0.1, -0.05) is 48.5 Å². The molecule has 0 fully saturated rings. The van der Waals surface area contributed by atoms with Crippen molar-refractivity contribution in [2.24, 2.45) is 0 Å². The highest BCUT2D eigenvalue weighted by atomic mass is 32.2. The molecule has 0 saturated carbocycles. The summed E-state index contributed by atoms with van der Waals surface area (Å²) in [6.07, 6.45) is 0.532. The van der Waals surface area contributed by atoms with E-state index in [1.807, 2.05) is 38.1 Å². The minimum Gasteiger partial charge on any atom is -0.351 e. The van der Waals surface area contributed by atoms with Crippen molar-refractivity contribution in [2.75, 3.05) is 0 Å². The van der Waals surface area contributed by atoms with Crippen molar-refractivity contribution >= 4 is 17.7 Å². The van der Waals surface area contributed by atoms with Crippen molar-refractivity contribution in [3.05, 3.63) is 56.2 Å². The minimum atomic E-state index is -0.670. The number of H-pyrrole nitrogens is 2. The van der Waals surface area contributed by atoms with Gasteiger partial charge in [-0.25, -0.2) is 9.89 Å². The first kappa shape index (κ1) is 17.0. The molecule has 0 aliphatic rings. The third-order valence-electron chi connectivity index (χ3n) is 3.18. The molecule has 8 heteroatoms. The Bertz CT molecular complexity index is 782. The number of aromatic nitrogens is 3. The van der Waals surface area contributed by atoms with Crippen LogP contribution in [-0.4, -0.2) is 26.3 Å². The van der Waals surface area contributed by atoms with Crippen molar-refractivity contribution in [1.29, 1.82) is 0 Å². The Morgan fingerprint density at radius 3 is 2.61 bits per heavy atom. The first-order chi connectivity index (χ1) is 11.0. The molecule has 0 bridgehead atoms. The molecule has 0 unspecified atom stereocenters. The largest absolute Gasteiger partial charge is 0.351 e. The average molecular weight is 334 g/mol. The van der Waals surface area contributed by atoms with Gasteiger partial charge in [0.25, 0.3) is 5.56 Å². The van der Waals surface area contributed by atoms with Crippen LogP contribution in [0.4, 0.5) is 0 Å². The number of thioether (sulfide) groups is 1. The summed E-state index contributed by atoms with van der Waals surface area (Å²) in [6.45, 7) is 4.27. The van der Waals surface area contributed by atoms with Gasteiger partial charge in [0, 0.05) is 6.54 Å². The van der Waals surface area contributed by atoms with E-state index in [1.54, 1.807) is 0 Å². The Kier molecular flexibility index (Phi) is 5.75. The van der Waals surface area contributed by atoms with Gasteiger partial charge in [0.1, 0.15) is 0 Å². The van der Waals surface area contributed by atoms with Crippen LogP contribution >= 0.6 is 11.8 Å². The monoisotopic (exact) mass is 334 g/mol. The van der Waals surface area contributed by atoms with Gasteiger partial charge in [0.05, 0.1) is 5.25 Å². The quantitative estimate of drug-likeness (QED) is 0.682. The van der Waals surface area contributed by atoms with E-state index in [0.29, 0.717) is 13.0 Å². The Morgan fingerprint density at radius 2 is 2.00 bits per heavy atom. The smallest absolute Gasteiger partial charge is 0.342 e. The standard InChI is InChI=1S/C15H18N4O3S/c1-3-11(23-14-13(21)17-15(22)19-18-14)12(20)16-8-10-6-4-9(2)5-7-10/h4-7,11H,3,8H2,1-2H3,(H,16,20)(H2,17,19,21,22)/t11-/m1/s1. The molecule has 0 saturated heterocycles. The van der Waals surface area contributed by atoms with E-state index in [2.05, 4.69) is 20.5 Å². The lowest BCUT2D eigenvalue weighted by molar-refractivity contribution is -0.120. The summed E-state index contributed by atoms with van der Waals surface area (Å²) in [5.74, 6) is -0.175. The fourth-order valence-electron chi connectivity index (χ4n) is 1.88. The number of aromatic amines is 2. The summed E-state index contributed by atoms with van der Waals surface area (Å²) < 4.78 is 0. The molecule has 3 N–H and O–H groups in total. The highest BCUT2D eigenvalue weighted by Gasteiger charge is 2.20. The van der Waals surface area contributed by atoms with Gasteiger partial charge in [0.2, 0.25) is 5.91 Å². The summed E-state index contributed by atoms with van der Waals surface area (Å²) in [4.78, 5) is 36.9. The van der Waals surface area contributed by atoms with Crippen LogP contribution in [-0.2, 0) is 11.3 Å². The zero-order chi connectivity index (χ0) is 16.8. The van der Waals surface area contributed by atoms with Crippen molar-refractivity contribution in [3.63, 3.8) is 0 Å². The predicted octanol–water partition coefficient (Wildman–Crippen LogP) is 0.954. The van der Waals surface area contributed by atoms with Crippen molar-refractivity contribution in [1.82, 2.24) is 20.5 Å². The molecule has 7 nitrogen and oxygen atoms in total. The maximum absolute atomic E-state index is 12.3. The minimum absolute atomic E-state index is 0.0712. The zero-order valence-electron chi connectivity index (χ0n) is 12.9. The number of benzene rings is 1. The van der Waals surface area contributed by atoms with Crippen LogP contribution in [0, 0.1) is 6.92 Å². The number of carbonyl (C=O) groups excluding carboxylic acids is 1. The van der Waals surface area contributed by atoms with Gasteiger partial charge in [-0.15, -0.1) is 0 Å². The molecular formula is C15H18N4O3S. The molecule has 1 atom stereocenters. The molecule has 2 rings (SSSR count). The van der Waals surface area contributed by atoms with Crippen molar-refractivity contribution < 1.29 is 4.79 Å². The number of amides is 1. The van der Waals surface area contributed by atoms with Gasteiger partial charge in [-0.3, -0.25) is 14.6 Å². The number of aryl methyl sites for hydroxylation is 1. The predicted molar refractivity (Wildman–Crippen MR) is 88.4 cm³/mol. The Hall–Kier alpha value is -2.35. The van der Waals surface area contributed by atoms with Gasteiger partial charge in [0.15, 0.2) is 5.03 Å². The highest BCUT2D eigenvalue weighted by molar-refractivity contribution is 8.00. The lowest BCUT2D eigenvalue weighted by Gasteiger charge is -2.13. The third kappa shape index (κ3) is 4.82. The zero-order valence-corrected chi connectivity index (χ0v) is 13.7. The van der Waals surface area contributed by atoms with E-state index < -0.39 is 16.5 Å². The van der Waals surface area contributed by atoms with E-state index in [0.717, 1.165) is 22.9 Å². The van der Waals surface area contributed by atoms with E-state index >= 15 is 0 Å². The molecule has 1 heterocycles. The first-order valence-electron chi connectivity index (χ1n) is 7.18. The summed E-state index contributed by atoms with van der Waals surface area (Å²) in [5, 5.41) is 8.30. The molecule has 0 radical (unpaired) electrons. The lowest BCUT2D eigenvalue weighted by Crippen LogP contribution is -2.33. The van der Waals surface area contributed by atoms with Crippen LogP contribution < -0.4 is 16.6 Å². The van der Waals surface area contributed by atoms with Gasteiger partial charge < -0.3 is 5.32 Å². The fourth-order valence-corrected chi connectivity index (χ4v) is 2.77. The maximum Gasteiger partial charge on any atom is 0.342 e. The van der Waals surface area contributed by atoms with Crippen LogP contribution in [0.2, 0.25) is 0 Å². The van der Waals surface area contributed by atoms with E-state index in [4.69, 9.17) is 0 Å². The molecule has 1 aromatic heterocycles. The normalized spacial score (nSPS) is 11.9. The van der Waals surface area contributed by atoms with E-state index in [1.165, 1.54) is 0 Å². The summed E-state index contributed by atoms with van der Waals surface area (Å²) in [7, 11) is 0. The van der Waals surface area contributed by atoms with Crippen molar-refractivity contribution in [3.8, 4) is 0 Å². The Morgan fingerprint density at radius 1 is 1.30 bits per heavy atom. The Balaban J connectivity index is 1.99. The number of nitrogens with one attached hydrogen (secondary N) is 3. The molecule has 0 spiro atoms. The van der Waals surface area contributed by atoms with Crippen LogP contribution in [0.3, 0.4) is 0 Å². The van der Waals surface area contributed by atoms with E-state index in [-0.39, 0.29) is 10.9 Å². The third-order valence-corrected chi connectivity index (χ3v) is 4.52. The number of nitrogens with zero attached hydrogens (tertiary/aromatic N) is 1. The van der Waals surface area contributed by atoms with Crippen LogP contribution in [0.25, 0.3) is 0 Å². The Labute approximate surface area is 136 Å².